The Balaban J connectivity index is 1.99. The molecule has 1 heterocycles. The monoisotopic (exact) mass is 252 g/mol. The van der Waals surface area contributed by atoms with Gasteiger partial charge in [0.15, 0.2) is 11.6 Å². The van der Waals surface area contributed by atoms with Gasteiger partial charge in [0.25, 0.3) is 0 Å². The molecule has 0 spiro atoms. The van der Waals surface area contributed by atoms with Crippen LogP contribution in [-0.2, 0) is 6.54 Å². The molecule has 0 saturated carbocycles. The number of hydrogen-bond donors (Lipinski definition) is 1. The minimum Gasteiger partial charge on any atom is -0.488 e. The van der Waals surface area contributed by atoms with Gasteiger partial charge in [-0.05, 0) is 31.5 Å². The lowest BCUT2D eigenvalue weighted by molar-refractivity contribution is 0.227. The summed E-state index contributed by atoms with van der Waals surface area (Å²) in [6.45, 7) is 8.66. The van der Waals surface area contributed by atoms with Crippen LogP contribution in [0.4, 0.5) is 4.39 Å². The van der Waals surface area contributed by atoms with E-state index < -0.39 is 0 Å². The second kappa shape index (κ2) is 6.16. The van der Waals surface area contributed by atoms with Gasteiger partial charge in [-0.1, -0.05) is 6.07 Å². The largest absolute Gasteiger partial charge is 0.488 e. The van der Waals surface area contributed by atoms with E-state index in [1.807, 2.05) is 19.9 Å². The maximum atomic E-state index is 13.8. The zero-order valence-electron chi connectivity index (χ0n) is 11.1. The zero-order valence-corrected chi connectivity index (χ0v) is 11.1. The van der Waals surface area contributed by atoms with Gasteiger partial charge < -0.3 is 10.1 Å². The average Bonchev–Trinajstić information content (AvgIpc) is 2.33. The van der Waals surface area contributed by atoms with Gasteiger partial charge in [0.1, 0.15) is 0 Å². The van der Waals surface area contributed by atoms with Crippen molar-refractivity contribution in [3.8, 4) is 5.75 Å². The summed E-state index contributed by atoms with van der Waals surface area (Å²) in [5.74, 6) is 0.0744. The Morgan fingerprint density at radius 3 is 2.67 bits per heavy atom. The Kier molecular flexibility index (Phi) is 4.55. The maximum absolute atomic E-state index is 13.8. The van der Waals surface area contributed by atoms with Gasteiger partial charge in [-0.3, -0.25) is 4.90 Å². The first-order valence-electron chi connectivity index (χ1n) is 6.53. The molecule has 0 bridgehead atoms. The standard InChI is InChI=1S/C14H21FN2O/c1-11(2)18-14-4-3-12(9-13(14)15)10-17-7-5-16-6-8-17/h3-4,9,11,16H,5-8,10H2,1-2H3. The van der Waals surface area contributed by atoms with Crippen LogP contribution in [0.5, 0.6) is 5.75 Å². The Labute approximate surface area is 108 Å². The van der Waals surface area contributed by atoms with Crippen LogP contribution in [0.2, 0.25) is 0 Å². The van der Waals surface area contributed by atoms with Gasteiger partial charge in [-0.15, -0.1) is 0 Å². The fraction of sp³-hybridized carbons (Fsp3) is 0.571. The first-order valence-corrected chi connectivity index (χ1v) is 6.53. The molecule has 1 saturated heterocycles. The van der Waals surface area contributed by atoms with Crippen LogP contribution in [0.1, 0.15) is 19.4 Å². The van der Waals surface area contributed by atoms with Gasteiger partial charge >= 0.3 is 0 Å². The molecule has 4 heteroatoms. The summed E-state index contributed by atoms with van der Waals surface area (Å²) in [6, 6.07) is 5.26. The van der Waals surface area contributed by atoms with Crippen molar-refractivity contribution in [2.24, 2.45) is 0 Å². The fourth-order valence-corrected chi connectivity index (χ4v) is 2.12. The number of benzene rings is 1. The average molecular weight is 252 g/mol. The lowest BCUT2D eigenvalue weighted by Crippen LogP contribution is -2.42. The number of nitrogens with zero attached hydrogens (tertiary/aromatic N) is 1. The number of hydrogen-bond acceptors (Lipinski definition) is 3. The Morgan fingerprint density at radius 1 is 1.33 bits per heavy atom. The maximum Gasteiger partial charge on any atom is 0.165 e. The summed E-state index contributed by atoms with van der Waals surface area (Å²) in [4.78, 5) is 2.33. The third kappa shape index (κ3) is 3.68. The van der Waals surface area contributed by atoms with Crippen LogP contribution in [0, 0.1) is 5.82 Å². The molecule has 0 aliphatic carbocycles. The Morgan fingerprint density at radius 2 is 2.06 bits per heavy atom. The number of ether oxygens (including phenoxy) is 1. The van der Waals surface area contributed by atoms with Crippen LogP contribution in [0.3, 0.4) is 0 Å². The third-order valence-corrected chi connectivity index (χ3v) is 2.97. The molecule has 1 aromatic carbocycles. The van der Waals surface area contributed by atoms with Crippen molar-refractivity contribution in [1.29, 1.82) is 0 Å². The summed E-state index contributed by atoms with van der Waals surface area (Å²) in [5.41, 5.74) is 1.01. The quantitative estimate of drug-likeness (QED) is 0.887. The molecule has 0 aromatic heterocycles. The van der Waals surface area contributed by atoms with Crippen molar-refractivity contribution in [2.75, 3.05) is 26.2 Å². The van der Waals surface area contributed by atoms with Crippen LogP contribution in [0.25, 0.3) is 0 Å². The van der Waals surface area contributed by atoms with E-state index >= 15 is 0 Å². The number of nitrogens with one attached hydrogen (secondary N) is 1. The van der Waals surface area contributed by atoms with Crippen molar-refractivity contribution >= 4 is 0 Å². The Bertz CT molecular complexity index is 389. The molecule has 1 fully saturated rings. The molecule has 0 unspecified atom stereocenters. The van der Waals surface area contributed by atoms with E-state index in [0.29, 0.717) is 5.75 Å². The fourth-order valence-electron chi connectivity index (χ4n) is 2.12. The minimum atomic E-state index is -0.267. The summed E-state index contributed by atoms with van der Waals surface area (Å²) >= 11 is 0. The SMILES string of the molecule is CC(C)Oc1ccc(CN2CCNCC2)cc1F. The molecule has 1 aliphatic heterocycles. The van der Waals surface area contributed by atoms with Gasteiger partial charge in [-0.2, -0.15) is 0 Å². The predicted octanol–water partition coefficient (Wildman–Crippen LogP) is 2.02. The lowest BCUT2D eigenvalue weighted by atomic mass is 10.2. The second-order valence-electron chi connectivity index (χ2n) is 4.96. The summed E-state index contributed by atoms with van der Waals surface area (Å²) in [7, 11) is 0. The molecule has 2 rings (SSSR count). The molecule has 1 N–H and O–H groups in total. The van der Waals surface area contributed by atoms with E-state index in [1.165, 1.54) is 0 Å². The number of rotatable bonds is 4. The molecule has 0 atom stereocenters. The molecular weight excluding hydrogens is 231 g/mol. The molecule has 0 radical (unpaired) electrons. The molecule has 3 nitrogen and oxygen atoms in total. The molecular formula is C14H21FN2O. The molecule has 100 valence electrons. The van der Waals surface area contributed by atoms with Crippen LogP contribution in [-0.4, -0.2) is 37.2 Å². The first-order chi connectivity index (χ1) is 8.65. The first kappa shape index (κ1) is 13.3. The number of halogens is 1. The van der Waals surface area contributed by atoms with Gasteiger partial charge in [0.2, 0.25) is 0 Å². The van der Waals surface area contributed by atoms with Crippen LogP contribution in [0.15, 0.2) is 18.2 Å². The topological polar surface area (TPSA) is 24.5 Å². The molecule has 18 heavy (non-hydrogen) atoms. The van der Waals surface area contributed by atoms with Crippen LogP contribution < -0.4 is 10.1 Å². The van der Waals surface area contributed by atoms with Crippen molar-refractivity contribution in [3.05, 3.63) is 29.6 Å². The lowest BCUT2D eigenvalue weighted by Gasteiger charge is -2.27. The van der Waals surface area contributed by atoms with Gasteiger partial charge in [-0.25, -0.2) is 4.39 Å². The summed E-state index contributed by atoms with van der Waals surface area (Å²) in [6.07, 6.45) is -0.00137. The van der Waals surface area contributed by atoms with E-state index in [0.717, 1.165) is 38.3 Å². The van der Waals surface area contributed by atoms with E-state index in [2.05, 4.69) is 10.2 Å². The molecule has 1 aromatic rings. The number of piperazine rings is 1. The Hall–Kier alpha value is -1.13. The smallest absolute Gasteiger partial charge is 0.165 e. The minimum absolute atomic E-state index is 0.00137. The summed E-state index contributed by atoms with van der Waals surface area (Å²) in [5, 5.41) is 3.31. The van der Waals surface area contributed by atoms with E-state index in [1.54, 1.807) is 12.1 Å². The van der Waals surface area contributed by atoms with E-state index in [-0.39, 0.29) is 11.9 Å². The predicted molar refractivity (Wildman–Crippen MR) is 70.3 cm³/mol. The van der Waals surface area contributed by atoms with Crippen molar-refractivity contribution in [2.45, 2.75) is 26.5 Å². The van der Waals surface area contributed by atoms with Crippen LogP contribution >= 0.6 is 0 Å². The highest BCUT2D eigenvalue weighted by Crippen LogP contribution is 2.20. The van der Waals surface area contributed by atoms with Gasteiger partial charge in [0.05, 0.1) is 6.10 Å². The van der Waals surface area contributed by atoms with Crippen molar-refractivity contribution in [3.63, 3.8) is 0 Å². The summed E-state index contributed by atoms with van der Waals surface area (Å²) < 4.78 is 19.2. The molecule has 0 amide bonds. The van der Waals surface area contributed by atoms with E-state index in [9.17, 15) is 4.39 Å². The normalized spacial score (nSPS) is 17.1. The third-order valence-electron chi connectivity index (χ3n) is 2.97. The van der Waals surface area contributed by atoms with Crippen molar-refractivity contribution < 1.29 is 9.13 Å². The van der Waals surface area contributed by atoms with E-state index in [4.69, 9.17) is 4.74 Å². The zero-order chi connectivity index (χ0) is 13.0. The highest BCUT2D eigenvalue weighted by atomic mass is 19.1. The molecule has 1 aliphatic rings. The highest BCUT2D eigenvalue weighted by molar-refractivity contribution is 5.29. The van der Waals surface area contributed by atoms with Crippen molar-refractivity contribution in [1.82, 2.24) is 10.2 Å². The highest BCUT2D eigenvalue weighted by Gasteiger charge is 2.12. The second-order valence-corrected chi connectivity index (χ2v) is 4.96. The van der Waals surface area contributed by atoms with Gasteiger partial charge in [0, 0.05) is 32.7 Å².